The second kappa shape index (κ2) is 8.24. The molecule has 5 nitrogen and oxygen atoms in total. The largest absolute Gasteiger partial charge is 0.433 e. The van der Waals surface area contributed by atoms with Gasteiger partial charge in [-0.3, -0.25) is 4.79 Å². The fourth-order valence-electron chi connectivity index (χ4n) is 1.97. The number of aromatic nitrogens is 3. The lowest BCUT2D eigenvalue weighted by Crippen LogP contribution is -2.15. The molecule has 2 aromatic heterocycles. The Morgan fingerprint density at radius 1 is 1.22 bits per heavy atom. The van der Waals surface area contributed by atoms with Crippen LogP contribution in [0.5, 0.6) is 0 Å². The molecule has 3 aromatic rings. The molecule has 0 aliphatic heterocycles. The summed E-state index contributed by atoms with van der Waals surface area (Å²) < 4.78 is 39.5. The van der Waals surface area contributed by atoms with Crippen molar-refractivity contribution in [1.82, 2.24) is 15.0 Å². The lowest BCUT2D eigenvalue weighted by atomic mass is 10.1. The summed E-state index contributed by atoms with van der Waals surface area (Å²) in [5.41, 5.74) is -0.525. The second-order valence-corrected chi connectivity index (χ2v) is 7.37. The molecule has 0 unspecified atom stereocenters. The molecule has 27 heavy (non-hydrogen) atoms. The van der Waals surface area contributed by atoms with Gasteiger partial charge in [-0.1, -0.05) is 35.5 Å². The van der Waals surface area contributed by atoms with Crippen molar-refractivity contribution in [2.45, 2.75) is 11.3 Å². The van der Waals surface area contributed by atoms with Gasteiger partial charge in [0.05, 0.1) is 11.4 Å². The lowest BCUT2D eigenvalue weighted by molar-refractivity contribution is -0.141. The van der Waals surface area contributed by atoms with E-state index in [0.29, 0.717) is 15.7 Å². The number of rotatable bonds is 5. The van der Waals surface area contributed by atoms with Crippen LogP contribution in [0.2, 0.25) is 5.02 Å². The van der Waals surface area contributed by atoms with Crippen molar-refractivity contribution in [1.29, 1.82) is 0 Å². The SMILES string of the molecule is O=C(CSc1nc(-c2ccc(Cl)cc2)cc(C(F)(F)F)n1)Nc1nccs1. The summed E-state index contributed by atoms with van der Waals surface area (Å²) in [4.78, 5) is 23.5. The van der Waals surface area contributed by atoms with Gasteiger partial charge in [-0.15, -0.1) is 11.3 Å². The van der Waals surface area contributed by atoms with E-state index in [9.17, 15) is 18.0 Å². The van der Waals surface area contributed by atoms with Crippen LogP contribution < -0.4 is 5.32 Å². The Hall–Kier alpha value is -2.17. The molecule has 0 atom stereocenters. The van der Waals surface area contributed by atoms with Gasteiger partial charge in [-0.25, -0.2) is 15.0 Å². The molecular formula is C16H10ClF3N4OS2. The molecule has 1 N–H and O–H groups in total. The van der Waals surface area contributed by atoms with E-state index in [4.69, 9.17) is 11.6 Å². The van der Waals surface area contributed by atoms with Gasteiger partial charge in [0.15, 0.2) is 10.3 Å². The summed E-state index contributed by atoms with van der Waals surface area (Å²) in [6, 6.07) is 7.10. The van der Waals surface area contributed by atoms with Gasteiger partial charge >= 0.3 is 6.18 Å². The summed E-state index contributed by atoms with van der Waals surface area (Å²) in [6.07, 6.45) is -3.11. The molecule has 0 saturated heterocycles. The zero-order valence-electron chi connectivity index (χ0n) is 13.3. The van der Waals surface area contributed by atoms with E-state index in [1.54, 1.807) is 29.6 Å². The van der Waals surface area contributed by atoms with Gasteiger partial charge in [0.25, 0.3) is 0 Å². The predicted molar refractivity (Wildman–Crippen MR) is 98.9 cm³/mol. The highest BCUT2D eigenvalue weighted by molar-refractivity contribution is 7.99. The fraction of sp³-hybridized carbons (Fsp3) is 0.125. The number of hydrogen-bond acceptors (Lipinski definition) is 6. The lowest BCUT2D eigenvalue weighted by Gasteiger charge is -2.10. The van der Waals surface area contributed by atoms with Crippen LogP contribution in [0.25, 0.3) is 11.3 Å². The molecular weight excluding hydrogens is 421 g/mol. The highest BCUT2D eigenvalue weighted by Gasteiger charge is 2.34. The normalized spacial score (nSPS) is 11.4. The van der Waals surface area contributed by atoms with Crippen molar-refractivity contribution in [2.24, 2.45) is 0 Å². The van der Waals surface area contributed by atoms with E-state index in [1.165, 1.54) is 17.5 Å². The molecule has 1 amide bonds. The molecule has 0 radical (unpaired) electrons. The number of carbonyl (C=O) groups excluding carboxylic acids is 1. The number of nitrogens with zero attached hydrogens (tertiary/aromatic N) is 3. The van der Waals surface area contributed by atoms with Gasteiger partial charge in [0.1, 0.15) is 5.69 Å². The third-order valence-electron chi connectivity index (χ3n) is 3.15. The molecule has 11 heteroatoms. The number of hydrogen-bond donors (Lipinski definition) is 1. The Bertz CT molecular complexity index is 934. The van der Waals surface area contributed by atoms with Crippen LogP contribution in [0.4, 0.5) is 18.3 Å². The highest BCUT2D eigenvalue weighted by Crippen LogP contribution is 2.32. The van der Waals surface area contributed by atoms with Gasteiger partial charge in [0, 0.05) is 22.2 Å². The average Bonchev–Trinajstić information content (AvgIpc) is 3.12. The minimum Gasteiger partial charge on any atom is -0.301 e. The Balaban J connectivity index is 1.82. The standard InChI is InChI=1S/C16H10ClF3N4OS2/c17-10-3-1-9(2-4-10)11-7-12(16(18,19)20)23-15(22-11)27-8-13(25)24-14-21-5-6-26-14/h1-7H,8H2,(H,21,24,25). The zero-order chi connectivity index (χ0) is 19.4. The van der Waals surface area contributed by atoms with Gasteiger partial charge in [-0.05, 0) is 18.2 Å². The third kappa shape index (κ3) is 5.41. The Kier molecular flexibility index (Phi) is 5.98. The molecule has 140 valence electrons. The first kappa shape index (κ1) is 19.6. The molecule has 0 aliphatic rings. The topological polar surface area (TPSA) is 67.8 Å². The fourth-order valence-corrected chi connectivity index (χ4v) is 3.30. The Morgan fingerprint density at radius 3 is 2.59 bits per heavy atom. The molecule has 0 fully saturated rings. The summed E-state index contributed by atoms with van der Waals surface area (Å²) in [5.74, 6) is -0.565. The predicted octanol–water partition coefficient (Wildman–Crippen LogP) is 5.00. The van der Waals surface area contributed by atoms with Crippen molar-refractivity contribution in [3.05, 3.63) is 52.6 Å². The average molecular weight is 431 g/mol. The number of thiazole rings is 1. The number of anilines is 1. The molecule has 1 aromatic carbocycles. The Labute approximate surface area is 165 Å². The van der Waals surface area contributed by atoms with Crippen molar-refractivity contribution in [2.75, 3.05) is 11.1 Å². The summed E-state index contributed by atoms with van der Waals surface area (Å²) in [5, 5.41) is 4.95. The minimum atomic E-state index is -4.64. The number of amides is 1. The first-order chi connectivity index (χ1) is 12.8. The maximum Gasteiger partial charge on any atom is 0.433 e. The quantitative estimate of drug-likeness (QED) is 0.455. The number of alkyl halides is 3. The van der Waals surface area contributed by atoms with Crippen LogP contribution in [-0.4, -0.2) is 26.6 Å². The monoisotopic (exact) mass is 430 g/mol. The number of benzene rings is 1. The van der Waals surface area contributed by atoms with Crippen LogP contribution in [0.3, 0.4) is 0 Å². The first-order valence-electron chi connectivity index (χ1n) is 7.35. The maximum absolute atomic E-state index is 13.2. The van der Waals surface area contributed by atoms with E-state index in [1.807, 2.05) is 0 Å². The smallest absolute Gasteiger partial charge is 0.301 e. The van der Waals surface area contributed by atoms with Crippen LogP contribution in [0.1, 0.15) is 5.69 Å². The molecule has 2 heterocycles. The van der Waals surface area contributed by atoms with E-state index in [-0.39, 0.29) is 16.6 Å². The van der Waals surface area contributed by atoms with E-state index >= 15 is 0 Å². The van der Waals surface area contributed by atoms with E-state index in [2.05, 4.69) is 20.3 Å². The molecule has 0 aliphatic carbocycles. The molecule has 0 bridgehead atoms. The number of carbonyl (C=O) groups is 1. The van der Waals surface area contributed by atoms with Crippen LogP contribution in [-0.2, 0) is 11.0 Å². The highest BCUT2D eigenvalue weighted by atomic mass is 35.5. The van der Waals surface area contributed by atoms with Crippen molar-refractivity contribution in [3.8, 4) is 11.3 Å². The van der Waals surface area contributed by atoms with Crippen molar-refractivity contribution < 1.29 is 18.0 Å². The van der Waals surface area contributed by atoms with Crippen molar-refractivity contribution >= 4 is 45.7 Å². The second-order valence-electron chi connectivity index (χ2n) is 5.10. The minimum absolute atomic E-state index is 0.0943. The number of thioether (sulfide) groups is 1. The number of nitrogens with one attached hydrogen (secondary N) is 1. The molecule has 3 rings (SSSR count). The summed E-state index contributed by atoms with van der Waals surface area (Å²) >= 11 is 7.86. The zero-order valence-corrected chi connectivity index (χ0v) is 15.7. The van der Waals surface area contributed by atoms with Gasteiger partial charge in [0.2, 0.25) is 5.91 Å². The van der Waals surface area contributed by atoms with E-state index in [0.717, 1.165) is 17.8 Å². The van der Waals surface area contributed by atoms with Crippen LogP contribution in [0.15, 0.2) is 47.1 Å². The molecule has 0 saturated carbocycles. The molecule has 0 spiro atoms. The van der Waals surface area contributed by atoms with E-state index < -0.39 is 17.8 Å². The van der Waals surface area contributed by atoms with Crippen LogP contribution in [0, 0.1) is 0 Å². The van der Waals surface area contributed by atoms with Crippen molar-refractivity contribution in [3.63, 3.8) is 0 Å². The van der Waals surface area contributed by atoms with Gasteiger partial charge < -0.3 is 5.32 Å². The van der Waals surface area contributed by atoms with Gasteiger partial charge in [-0.2, -0.15) is 13.2 Å². The number of halogens is 4. The summed E-state index contributed by atoms with van der Waals surface area (Å²) in [7, 11) is 0. The van der Waals surface area contributed by atoms with Crippen LogP contribution >= 0.6 is 34.7 Å². The first-order valence-corrected chi connectivity index (χ1v) is 9.60. The summed E-state index contributed by atoms with van der Waals surface area (Å²) in [6.45, 7) is 0. The maximum atomic E-state index is 13.2. The Morgan fingerprint density at radius 2 is 1.96 bits per heavy atom. The third-order valence-corrected chi connectivity index (χ3v) is 4.93.